The van der Waals surface area contributed by atoms with Crippen molar-refractivity contribution in [2.75, 3.05) is 11.5 Å². The summed E-state index contributed by atoms with van der Waals surface area (Å²) in [5, 5.41) is 12.0. The Kier molecular flexibility index (Phi) is 6.05. The van der Waals surface area contributed by atoms with Gasteiger partial charge in [-0.2, -0.15) is 0 Å². The Bertz CT molecular complexity index is 1490. The molecule has 1 aromatic heterocycles. The minimum atomic E-state index is -0.887. The highest BCUT2D eigenvalue weighted by molar-refractivity contribution is 7.22. The third kappa shape index (κ3) is 4.17. The number of halogens is 1. The highest BCUT2D eigenvalue weighted by atomic mass is 35.5. The van der Waals surface area contributed by atoms with Gasteiger partial charge >= 0.3 is 5.91 Å². The molecule has 2 heterocycles. The first kappa shape index (κ1) is 23.1. The zero-order valence-corrected chi connectivity index (χ0v) is 20.6. The second-order valence-corrected chi connectivity index (χ2v) is 9.59. The fourth-order valence-electron chi connectivity index (χ4n) is 4.14. The average molecular weight is 505 g/mol. The van der Waals surface area contributed by atoms with Crippen molar-refractivity contribution in [1.82, 2.24) is 4.98 Å². The lowest BCUT2D eigenvalue weighted by atomic mass is 9.95. The molecule has 1 atom stereocenters. The number of thiazole rings is 1. The maximum atomic E-state index is 13.4. The molecule has 0 bridgehead atoms. The molecule has 1 aliphatic heterocycles. The molecule has 176 valence electrons. The number of amides is 1. The Balaban J connectivity index is 1.70. The number of fused-ring (bicyclic) bond motifs is 1. The number of aliphatic hydroxyl groups is 1. The number of anilines is 1. The van der Waals surface area contributed by atoms with Gasteiger partial charge in [-0.1, -0.05) is 64.9 Å². The topological polar surface area (TPSA) is 79.7 Å². The molecule has 8 heteroatoms. The third-order valence-corrected chi connectivity index (χ3v) is 7.05. The Morgan fingerprint density at radius 1 is 1.11 bits per heavy atom. The van der Waals surface area contributed by atoms with Crippen molar-refractivity contribution in [3.63, 3.8) is 0 Å². The summed E-state index contributed by atoms with van der Waals surface area (Å²) in [4.78, 5) is 32.7. The van der Waals surface area contributed by atoms with E-state index in [1.54, 1.807) is 36.4 Å². The second kappa shape index (κ2) is 9.17. The predicted octanol–water partition coefficient (Wildman–Crippen LogP) is 6.28. The van der Waals surface area contributed by atoms with Gasteiger partial charge < -0.3 is 9.84 Å². The fraction of sp³-hybridized carbons (Fsp3) is 0.148. The number of aliphatic hydroxyl groups excluding tert-OH is 1. The number of ether oxygens (including phenoxy) is 1. The lowest BCUT2D eigenvalue weighted by molar-refractivity contribution is -0.132. The lowest BCUT2D eigenvalue weighted by Gasteiger charge is -2.23. The molecule has 6 nitrogen and oxygen atoms in total. The van der Waals surface area contributed by atoms with E-state index in [9.17, 15) is 14.7 Å². The third-order valence-electron chi connectivity index (χ3n) is 5.80. The van der Waals surface area contributed by atoms with Gasteiger partial charge in [0.2, 0.25) is 0 Å². The summed E-state index contributed by atoms with van der Waals surface area (Å²) in [5.74, 6) is -1.08. The number of Topliss-reactive ketones (excluding diaryl/α,β-unsaturated/α-hetero) is 1. The quantitative estimate of drug-likeness (QED) is 0.196. The highest BCUT2D eigenvalue weighted by Gasteiger charge is 2.48. The smallest absolute Gasteiger partial charge is 0.301 e. The van der Waals surface area contributed by atoms with E-state index >= 15 is 0 Å². The molecule has 1 fully saturated rings. The first-order valence-corrected chi connectivity index (χ1v) is 12.2. The fourth-order valence-corrected chi connectivity index (χ4v) is 5.36. The predicted molar refractivity (Wildman–Crippen MR) is 138 cm³/mol. The number of nitrogens with zero attached hydrogens (tertiary/aromatic N) is 2. The van der Waals surface area contributed by atoms with Crippen LogP contribution in [0.5, 0.6) is 5.75 Å². The molecule has 0 saturated carbocycles. The molecule has 4 aromatic rings. The van der Waals surface area contributed by atoms with E-state index < -0.39 is 17.7 Å². The maximum absolute atomic E-state index is 13.4. The number of rotatable bonds is 5. The number of aromatic nitrogens is 1. The van der Waals surface area contributed by atoms with Crippen molar-refractivity contribution in [1.29, 1.82) is 0 Å². The van der Waals surface area contributed by atoms with Crippen LogP contribution in [-0.2, 0) is 9.59 Å². The first-order valence-electron chi connectivity index (χ1n) is 11.0. The van der Waals surface area contributed by atoms with E-state index in [2.05, 4.69) is 4.98 Å². The largest absolute Gasteiger partial charge is 0.507 e. The molecular formula is C27H21ClN2O4S. The molecule has 35 heavy (non-hydrogen) atoms. The molecule has 3 aromatic carbocycles. The molecule has 1 N–H and O–H groups in total. The number of ketones is 1. The summed E-state index contributed by atoms with van der Waals surface area (Å²) in [6.45, 7) is 4.36. The Morgan fingerprint density at radius 2 is 1.89 bits per heavy atom. The van der Waals surface area contributed by atoms with Gasteiger partial charge in [0, 0.05) is 10.6 Å². The zero-order valence-electron chi connectivity index (χ0n) is 19.0. The molecule has 1 saturated heterocycles. The number of carbonyl (C=O) groups excluding carboxylic acids is 2. The van der Waals surface area contributed by atoms with Gasteiger partial charge in [0.1, 0.15) is 11.5 Å². The first-order chi connectivity index (χ1) is 16.9. The van der Waals surface area contributed by atoms with Crippen LogP contribution in [0.25, 0.3) is 16.0 Å². The van der Waals surface area contributed by atoms with Gasteiger partial charge in [-0.25, -0.2) is 4.98 Å². The Morgan fingerprint density at radius 3 is 2.60 bits per heavy atom. The minimum Gasteiger partial charge on any atom is -0.507 e. The van der Waals surface area contributed by atoms with Gasteiger partial charge in [0.25, 0.3) is 5.78 Å². The molecule has 1 aliphatic rings. The van der Waals surface area contributed by atoms with Crippen molar-refractivity contribution in [2.45, 2.75) is 19.9 Å². The minimum absolute atomic E-state index is 0.00428. The molecule has 0 spiro atoms. The number of benzene rings is 3. The van der Waals surface area contributed by atoms with Crippen LogP contribution < -0.4 is 9.64 Å². The van der Waals surface area contributed by atoms with Crippen molar-refractivity contribution >= 4 is 55.7 Å². The van der Waals surface area contributed by atoms with Crippen molar-refractivity contribution in [3.05, 3.63) is 94.0 Å². The molecular weight excluding hydrogens is 484 g/mol. The van der Waals surface area contributed by atoms with Crippen molar-refractivity contribution in [3.8, 4) is 5.75 Å². The number of carbonyl (C=O) groups is 2. The number of hydrogen-bond donors (Lipinski definition) is 1. The lowest BCUT2D eigenvalue weighted by Crippen LogP contribution is -2.29. The number of hydrogen-bond acceptors (Lipinski definition) is 6. The van der Waals surface area contributed by atoms with Crippen molar-refractivity contribution in [2.24, 2.45) is 0 Å². The van der Waals surface area contributed by atoms with Crippen LogP contribution in [-0.4, -0.2) is 28.4 Å². The molecule has 1 amide bonds. The Hall–Kier alpha value is -3.68. The van der Waals surface area contributed by atoms with Gasteiger partial charge in [0.05, 0.1) is 28.4 Å². The average Bonchev–Trinajstić information content (AvgIpc) is 3.37. The molecule has 1 unspecified atom stereocenters. The SMILES string of the molecule is CCOc1ccc2nc(N3C(=O)C(=O)/C(=C(/O)c4ccc(C)cc4)C3c3cccc(Cl)c3)sc2c1. The second-order valence-electron chi connectivity index (χ2n) is 8.15. The monoisotopic (exact) mass is 504 g/mol. The van der Waals surface area contributed by atoms with Crippen LogP contribution in [0.4, 0.5) is 5.13 Å². The van der Waals surface area contributed by atoms with Crippen LogP contribution in [0.1, 0.15) is 29.7 Å². The summed E-state index contributed by atoms with van der Waals surface area (Å²) in [7, 11) is 0. The van der Waals surface area contributed by atoms with Crippen LogP contribution in [0.2, 0.25) is 5.02 Å². The van der Waals surface area contributed by atoms with E-state index in [4.69, 9.17) is 16.3 Å². The van der Waals surface area contributed by atoms with Crippen LogP contribution >= 0.6 is 22.9 Å². The van der Waals surface area contributed by atoms with Gasteiger partial charge in [0.15, 0.2) is 5.13 Å². The normalized spacial score (nSPS) is 17.3. The standard InChI is InChI=1S/C27H21ClN2O4S/c1-3-34-19-11-12-20-21(14-19)35-27(29-20)30-23(17-5-4-6-18(28)13-17)22(25(32)26(30)33)24(31)16-9-7-15(2)8-10-16/h4-14,23,31H,3H2,1-2H3/b24-22+. The van der Waals surface area contributed by atoms with Gasteiger partial charge in [-0.15, -0.1) is 0 Å². The van der Waals surface area contributed by atoms with E-state index in [-0.39, 0.29) is 11.3 Å². The van der Waals surface area contributed by atoms with Crippen LogP contribution in [0.15, 0.2) is 72.3 Å². The molecule has 5 rings (SSSR count). The highest BCUT2D eigenvalue weighted by Crippen LogP contribution is 2.45. The maximum Gasteiger partial charge on any atom is 0.301 e. The summed E-state index contributed by atoms with van der Waals surface area (Å²) in [5.41, 5.74) is 2.73. The van der Waals surface area contributed by atoms with E-state index in [0.29, 0.717) is 39.2 Å². The van der Waals surface area contributed by atoms with Gasteiger partial charge in [-0.3, -0.25) is 14.5 Å². The summed E-state index contributed by atoms with van der Waals surface area (Å²) in [6, 6.07) is 18.6. The van der Waals surface area contributed by atoms with Crippen molar-refractivity contribution < 1.29 is 19.4 Å². The zero-order chi connectivity index (χ0) is 24.7. The van der Waals surface area contributed by atoms with E-state index in [1.807, 2.05) is 44.2 Å². The van der Waals surface area contributed by atoms with Crippen LogP contribution in [0.3, 0.4) is 0 Å². The Labute approximate surface area is 211 Å². The summed E-state index contributed by atoms with van der Waals surface area (Å²) >= 11 is 7.55. The van der Waals surface area contributed by atoms with Gasteiger partial charge in [-0.05, 0) is 49.7 Å². The molecule has 0 radical (unpaired) electrons. The van der Waals surface area contributed by atoms with E-state index in [1.165, 1.54) is 16.2 Å². The summed E-state index contributed by atoms with van der Waals surface area (Å²) < 4.78 is 6.40. The molecule has 0 aliphatic carbocycles. The van der Waals surface area contributed by atoms with Crippen LogP contribution in [0, 0.1) is 6.92 Å². The van der Waals surface area contributed by atoms with E-state index in [0.717, 1.165) is 10.3 Å². The number of aryl methyl sites for hydroxylation is 1. The summed E-state index contributed by atoms with van der Waals surface area (Å²) in [6.07, 6.45) is 0.